The number of carbonyl (C=O) groups is 1. The minimum Gasteiger partial charge on any atom is -0.395 e. The second-order valence-corrected chi connectivity index (χ2v) is 4.67. The molecule has 0 unspecified atom stereocenters. The molecule has 0 radical (unpaired) electrons. The molecule has 1 fully saturated rings. The Bertz CT molecular complexity index is 429. The number of piperazine rings is 1. The molecule has 2 rings (SSSR count). The van der Waals surface area contributed by atoms with Gasteiger partial charge in [0.15, 0.2) is 0 Å². The van der Waals surface area contributed by atoms with Crippen LogP contribution in [0.2, 0.25) is 0 Å². The van der Waals surface area contributed by atoms with Crippen molar-refractivity contribution in [3.05, 3.63) is 18.1 Å². The van der Waals surface area contributed by atoms with Crippen LogP contribution in [-0.4, -0.2) is 76.7 Å². The van der Waals surface area contributed by atoms with Gasteiger partial charge < -0.3 is 15.3 Å². The number of aromatic nitrogens is 2. The maximum Gasteiger partial charge on any atom is 0.274 e. The van der Waals surface area contributed by atoms with E-state index in [-0.39, 0.29) is 12.5 Å². The van der Waals surface area contributed by atoms with Crippen LogP contribution < -0.4 is 5.32 Å². The lowest BCUT2D eigenvalue weighted by Crippen LogP contribution is -2.49. The van der Waals surface area contributed by atoms with Crippen molar-refractivity contribution >= 4 is 11.7 Å². The van der Waals surface area contributed by atoms with E-state index in [2.05, 4.69) is 20.2 Å². The van der Waals surface area contributed by atoms with E-state index in [9.17, 15) is 4.79 Å². The third-order valence-corrected chi connectivity index (χ3v) is 3.30. The lowest BCUT2D eigenvalue weighted by molar-refractivity contribution is 0.0609. The summed E-state index contributed by atoms with van der Waals surface area (Å²) < 4.78 is 0. The van der Waals surface area contributed by atoms with Crippen molar-refractivity contribution in [2.75, 3.05) is 51.2 Å². The summed E-state index contributed by atoms with van der Waals surface area (Å²) in [4.78, 5) is 24.5. The second kappa shape index (κ2) is 7.16. The van der Waals surface area contributed by atoms with Crippen LogP contribution in [0.3, 0.4) is 0 Å². The molecule has 1 amide bonds. The summed E-state index contributed by atoms with van der Waals surface area (Å²) in [6.07, 6.45) is 3.10. The largest absolute Gasteiger partial charge is 0.395 e. The van der Waals surface area contributed by atoms with E-state index in [1.165, 1.54) is 6.20 Å². The van der Waals surface area contributed by atoms with Gasteiger partial charge in [-0.3, -0.25) is 9.69 Å². The van der Waals surface area contributed by atoms with Crippen molar-refractivity contribution < 1.29 is 9.90 Å². The maximum absolute atomic E-state index is 12.3. The third kappa shape index (κ3) is 3.64. The van der Waals surface area contributed by atoms with Gasteiger partial charge in [-0.1, -0.05) is 0 Å². The topological polar surface area (TPSA) is 81.6 Å². The zero-order chi connectivity index (χ0) is 14.4. The summed E-state index contributed by atoms with van der Waals surface area (Å²) in [6.45, 7) is 6.47. The molecule has 7 heteroatoms. The molecule has 0 aromatic carbocycles. The van der Waals surface area contributed by atoms with Crippen LogP contribution in [0.25, 0.3) is 0 Å². The lowest BCUT2D eigenvalue weighted by atomic mass is 10.3. The average Bonchev–Trinajstić information content (AvgIpc) is 2.49. The van der Waals surface area contributed by atoms with Crippen molar-refractivity contribution in [1.29, 1.82) is 0 Å². The first kappa shape index (κ1) is 14.7. The third-order valence-electron chi connectivity index (χ3n) is 3.30. The highest BCUT2D eigenvalue weighted by Gasteiger charge is 2.22. The lowest BCUT2D eigenvalue weighted by Gasteiger charge is -2.34. The van der Waals surface area contributed by atoms with E-state index in [1.54, 1.807) is 11.1 Å². The second-order valence-electron chi connectivity index (χ2n) is 4.67. The van der Waals surface area contributed by atoms with Crippen LogP contribution in [0.15, 0.2) is 12.4 Å². The van der Waals surface area contributed by atoms with Crippen LogP contribution >= 0.6 is 0 Å². The Labute approximate surface area is 118 Å². The number of carbonyl (C=O) groups excluding carboxylic acids is 1. The van der Waals surface area contributed by atoms with Gasteiger partial charge in [-0.05, 0) is 6.92 Å². The standard InChI is InChI=1S/C13H21N5O2/c1-2-14-12-10-15-11(9-16-12)13(20)18-5-3-17(4-6-18)7-8-19/h9-10,19H,2-8H2,1H3,(H,14,16). The summed E-state index contributed by atoms with van der Waals surface area (Å²) in [6, 6.07) is 0. The number of nitrogens with one attached hydrogen (secondary N) is 1. The highest BCUT2D eigenvalue weighted by molar-refractivity contribution is 5.92. The monoisotopic (exact) mass is 279 g/mol. The molecule has 1 saturated heterocycles. The molecule has 2 N–H and O–H groups in total. The first-order valence-electron chi connectivity index (χ1n) is 6.93. The van der Waals surface area contributed by atoms with Crippen LogP contribution in [0.4, 0.5) is 5.82 Å². The number of anilines is 1. The van der Waals surface area contributed by atoms with Gasteiger partial charge in [0.1, 0.15) is 11.5 Å². The average molecular weight is 279 g/mol. The van der Waals surface area contributed by atoms with Gasteiger partial charge in [-0.25, -0.2) is 9.97 Å². The molecule has 0 saturated carbocycles. The van der Waals surface area contributed by atoms with Gasteiger partial charge in [0.05, 0.1) is 19.0 Å². The van der Waals surface area contributed by atoms with Crippen LogP contribution in [0.5, 0.6) is 0 Å². The quantitative estimate of drug-likeness (QED) is 0.767. The highest BCUT2D eigenvalue weighted by Crippen LogP contribution is 2.07. The van der Waals surface area contributed by atoms with Crippen molar-refractivity contribution in [1.82, 2.24) is 19.8 Å². The Morgan fingerprint density at radius 2 is 2.05 bits per heavy atom. The van der Waals surface area contributed by atoms with Gasteiger partial charge >= 0.3 is 0 Å². The van der Waals surface area contributed by atoms with Gasteiger partial charge in [0.25, 0.3) is 5.91 Å². The van der Waals surface area contributed by atoms with Gasteiger partial charge in [-0.15, -0.1) is 0 Å². The molecular weight excluding hydrogens is 258 g/mol. The molecule has 20 heavy (non-hydrogen) atoms. The van der Waals surface area contributed by atoms with E-state index in [0.29, 0.717) is 31.1 Å². The van der Waals surface area contributed by atoms with Gasteiger partial charge in [0.2, 0.25) is 0 Å². The van der Waals surface area contributed by atoms with Crippen LogP contribution in [0, 0.1) is 0 Å². The van der Waals surface area contributed by atoms with Gasteiger partial charge in [0, 0.05) is 39.3 Å². The molecule has 2 heterocycles. The van der Waals surface area contributed by atoms with Crippen molar-refractivity contribution in [3.63, 3.8) is 0 Å². The molecule has 7 nitrogen and oxygen atoms in total. The van der Waals surface area contributed by atoms with E-state index >= 15 is 0 Å². The van der Waals surface area contributed by atoms with Gasteiger partial charge in [-0.2, -0.15) is 0 Å². The summed E-state index contributed by atoms with van der Waals surface area (Å²) in [5, 5.41) is 11.9. The Hall–Kier alpha value is -1.73. The molecule has 1 aliphatic heterocycles. The normalized spacial score (nSPS) is 16.2. The van der Waals surface area contributed by atoms with E-state index in [0.717, 1.165) is 19.6 Å². The maximum atomic E-state index is 12.3. The molecule has 1 aromatic heterocycles. The predicted molar refractivity (Wildman–Crippen MR) is 75.6 cm³/mol. The SMILES string of the molecule is CCNc1cnc(C(=O)N2CCN(CCO)CC2)cn1. The Morgan fingerprint density at radius 1 is 1.30 bits per heavy atom. The van der Waals surface area contributed by atoms with E-state index in [1.807, 2.05) is 6.92 Å². The molecular formula is C13H21N5O2. The molecule has 1 aromatic rings. The molecule has 0 aliphatic carbocycles. The van der Waals surface area contributed by atoms with Crippen molar-refractivity contribution in [3.8, 4) is 0 Å². The van der Waals surface area contributed by atoms with Crippen LogP contribution in [0.1, 0.15) is 17.4 Å². The molecule has 0 atom stereocenters. The zero-order valence-corrected chi connectivity index (χ0v) is 11.7. The first-order valence-corrected chi connectivity index (χ1v) is 6.93. The fourth-order valence-corrected chi connectivity index (χ4v) is 2.19. The molecule has 110 valence electrons. The Morgan fingerprint density at radius 3 is 2.60 bits per heavy atom. The number of aliphatic hydroxyl groups is 1. The van der Waals surface area contributed by atoms with Crippen LogP contribution in [-0.2, 0) is 0 Å². The van der Waals surface area contributed by atoms with E-state index in [4.69, 9.17) is 5.11 Å². The fraction of sp³-hybridized carbons (Fsp3) is 0.615. The molecule has 0 bridgehead atoms. The highest BCUT2D eigenvalue weighted by atomic mass is 16.3. The van der Waals surface area contributed by atoms with Crippen molar-refractivity contribution in [2.45, 2.75) is 6.92 Å². The zero-order valence-electron chi connectivity index (χ0n) is 11.7. The number of aliphatic hydroxyl groups excluding tert-OH is 1. The minimum atomic E-state index is -0.0794. The Kier molecular flexibility index (Phi) is 5.25. The number of rotatable bonds is 5. The number of nitrogens with zero attached hydrogens (tertiary/aromatic N) is 4. The Balaban J connectivity index is 1.91. The number of β-amino-alcohol motifs (C(OH)–C–C–N with tert-alkyl or cyclic N) is 1. The fourth-order valence-electron chi connectivity index (χ4n) is 2.19. The number of hydrogen-bond acceptors (Lipinski definition) is 6. The van der Waals surface area contributed by atoms with E-state index < -0.39 is 0 Å². The predicted octanol–water partition coefficient (Wildman–Crippen LogP) is -0.341. The molecule has 1 aliphatic rings. The summed E-state index contributed by atoms with van der Waals surface area (Å²) >= 11 is 0. The minimum absolute atomic E-state index is 0.0794. The summed E-state index contributed by atoms with van der Waals surface area (Å²) in [5.74, 6) is 0.598. The van der Waals surface area contributed by atoms with Crippen molar-refractivity contribution in [2.24, 2.45) is 0 Å². The summed E-state index contributed by atoms with van der Waals surface area (Å²) in [5.41, 5.74) is 0.377. The number of hydrogen-bond donors (Lipinski definition) is 2. The number of amides is 1. The summed E-state index contributed by atoms with van der Waals surface area (Å²) in [7, 11) is 0. The smallest absolute Gasteiger partial charge is 0.274 e. The molecule has 0 spiro atoms. The first-order chi connectivity index (χ1) is 9.74.